The number of aliphatic hydroxyl groups excluding tert-OH is 1. The molecule has 0 bridgehead atoms. The molecule has 0 radical (unpaired) electrons. The lowest BCUT2D eigenvalue weighted by atomic mass is 9.78. The third-order valence-electron chi connectivity index (χ3n) is 8.89. The number of alkyl carbamates (subject to hydrolysis) is 1. The number of amides is 3. The highest BCUT2D eigenvalue weighted by atomic mass is 16.6. The Morgan fingerprint density at radius 1 is 1.05 bits per heavy atom. The minimum absolute atomic E-state index is 0.0180. The van der Waals surface area contributed by atoms with Gasteiger partial charge in [-0.1, -0.05) is 72.6 Å². The van der Waals surface area contributed by atoms with Crippen molar-refractivity contribution in [1.29, 1.82) is 0 Å². The van der Waals surface area contributed by atoms with Crippen molar-refractivity contribution in [2.75, 3.05) is 13.2 Å². The lowest BCUT2D eigenvalue weighted by Gasteiger charge is -2.39. The second kappa shape index (κ2) is 11.5. The van der Waals surface area contributed by atoms with Gasteiger partial charge in [-0.3, -0.25) is 9.59 Å². The minimum atomic E-state index is -0.803. The van der Waals surface area contributed by atoms with E-state index in [2.05, 4.69) is 24.5 Å². The molecule has 0 aromatic rings. The van der Waals surface area contributed by atoms with Gasteiger partial charge in [-0.25, -0.2) is 4.79 Å². The van der Waals surface area contributed by atoms with Crippen molar-refractivity contribution in [3.63, 3.8) is 0 Å². The van der Waals surface area contributed by atoms with E-state index >= 15 is 0 Å². The molecule has 37 heavy (non-hydrogen) atoms. The zero-order valence-corrected chi connectivity index (χ0v) is 24.2. The van der Waals surface area contributed by atoms with Crippen LogP contribution < -0.4 is 10.6 Å². The molecule has 8 nitrogen and oxygen atoms in total. The molecule has 3 aliphatic rings. The third-order valence-corrected chi connectivity index (χ3v) is 8.89. The molecule has 212 valence electrons. The summed E-state index contributed by atoms with van der Waals surface area (Å²) < 4.78 is 5.53. The Balaban J connectivity index is 1.91. The summed E-state index contributed by atoms with van der Waals surface area (Å²) in [6, 6.07) is -1.72. The Bertz CT molecular complexity index is 834. The molecule has 3 N–H and O–H groups in total. The smallest absolute Gasteiger partial charge is 0.408 e. The van der Waals surface area contributed by atoms with Gasteiger partial charge in [-0.05, 0) is 56.3 Å². The van der Waals surface area contributed by atoms with Gasteiger partial charge in [-0.2, -0.15) is 0 Å². The van der Waals surface area contributed by atoms with Crippen LogP contribution in [0.1, 0.15) is 106 Å². The van der Waals surface area contributed by atoms with Gasteiger partial charge in [0.15, 0.2) is 0 Å². The van der Waals surface area contributed by atoms with Crippen LogP contribution in [0.2, 0.25) is 0 Å². The van der Waals surface area contributed by atoms with Crippen LogP contribution in [0, 0.1) is 22.7 Å². The molecule has 3 fully saturated rings. The quantitative estimate of drug-likeness (QED) is 0.500. The fourth-order valence-electron chi connectivity index (χ4n) is 6.49. The minimum Gasteiger partial charge on any atom is -0.444 e. The second-order valence-corrected chi connectivity index (χ2v) is 13.9. The van der Waals surface area contributed by atoms with Crippen molar-refractivity contribution in [2.45, 2.75) is 130 Å². The first-order valence-corrected chi connectivity index (χ1v) is 14.4. The zero-order chi connectivity index (χ0) is 27.6. The van der Waals surface area contributed by atoms with Gasteiger partial charge in [-0.15, -0.1) is 0 Å². The van der Waals surface area contributed by atoms with E-state index in [0.717, 1.165) is 57.8 Å². The van der Waals surface area contributed by atoms with Crippen molar-refractivity contribution in [2.24, 2.45) is 22.7 Å². The number of carbonyl (C=O) groups is 3. The summed E-state index contributed by atoms with van der Waals surface area (Å²) in [4.78, 5) is 42.4. The summed E-state index contributed by atoms with van der Waals surface area (Å²) in [7, 11) is 0. The van der Waals surface area contributed by atoms with Crippen LogP contribution >= 0.6 is 0 Å². The van der Waals surface area contributed by atoms with Crippen LogP contribution in [0.15, 0.2) is 0 Å². The highest BCUT2D eigenvalue weighted by Crippen LogP contribution is 2.65. The zero-order valence-electron chi connectivity index (χ0n) is 24.2. The Labute approximate surface area is 223 Å². The summed E-state index contributed by atoms with van der Waals surface area (Å²) in [6.07, 6.45) is 8.45. The summed E-state index contributed by atoms with van der Waals surface area (Å²) in [5.41, 5.74) is -1.22. The fraction of sp³-hybridized carbons (Fsp3) is 0.897. The van der Waals surface area contributed by atoms with E-state index in [1.165, 1.54) is 0 Å². The number of aliphatic hydroxyl groups is 1. The van der Waals surface area contributed by atoms with Crippen molar-refractivity contribution in [3.05, 3.63) is 0 Å². The SMILES string of the molecule is CC(C)(C)OC(=O)N[C@@H]1C(=O)N2C[C@H]3C([C@H]2C(=O)N[C@H](CO)CCCCCCCCCC1(C)C)C3(C)C. The van der Waals surface area contributed by atoms with Gasteiger partial charge < -0.3 is 25.4 Å². The molecular formula is C29H51N3O5. The Kier molecular flexibility index (Phi) is 9.24. The molecule has 2 saturated heterocycles. The van der Waals surface area contributed by atoms with Gasteiger partial charge in [0.2, 0.25) is 11.8 Å². The number of hydrogen-bond donors (Lipinski definition) is 3. The van der Waals surface area contributed by atoms with Crippen molar-refractivity contribution in [3.8, 4) is 0 Å². The number of nitrogens with one attached hydrogen (secondary N) is 2. The summed E-state index contributed by atoms with van der Waals surface area (Å²) >= 11 is 0. The highest BCUT2D eigenvalue weighted by Gasteiger charge is 2.69. The first-order valence-electron chi connectivity index (χ1n) is 14.4. The predicted molar refractivity (Wildman–Crippen MR) is 144 cm³/mol. The molecule has 2 aliphatic heterocycles. The van der Waals surface area contributed by atoms with E-state index in [-0.39, 0.29) is 41.7 Å². The number of rotatable bonds is 2. The van der Waals surface area contributed by atoms with Crippen LogP contribution in [-0.4, -0.2) is 64.8 Å². The lowest BCUT2D eigenvalue weighted by molar-refractivity contribution is -0.144. The average molecular weight is 522 g/mol. The van der Waals surface area contributed by atoms with Gasteiger partial charge >= 0.3 is 6.09 Å². The molecule has 0 aromatic carbocycles. The van der Waals surface area contributed by atoms with E-state index in [0.29, 0.717) is 6.54 Å². The van der Waals surface area contributed by atoms with Crippen molar-refractivity contribution >= 4 is 17.9 Å². The van der Waals surface area contributed by atoms with Crippen LogP contribution in [0.3, 0.4) is 0 Å². The van der Waals surface area contributed by atoms with E-state index in [1.807, 2.05) is 13.8 Å². The second-order valence-electron chi connectivity index (χ2n) is 13.9. The molecule has 1 unspecified atom stereocenters. The first-order chi connectivity index (χ1) is 17.2. The van der Waals surface area contributed by atoms with Crippen LogP contribution in [0.5, 0.6) is 0 Å². The number of fused-ring (bicyclic) bond motifs is 3. The summed E-state index contributed by atoms with van der Waals surface area (Å²) in [6.45, 7) is 14.2. The van der Waals surface area contributed by atoms with Crippen molar-refractivity contribution < 1.29 is 24.2 Å². The monoisotopic (exact) mass is 521 g/mol. The largest absolute Gasteiger partial charge is 0.444 e. The molecule has 3 rings (SSSR count). The van der Waals surface area contributed by atoms with Gasteiger partial charge in [0.1, 0.15) is 17.7 Å². The third kappa shape index (κ3) is 7.18. The van der Waals surface area contributed by atoms with Crippen LogP contribution in [0.4, 0.5) is 4.79 Å². The standard InChI is InChI=1S/C29H51N3O5/c1-27(2,3)37-26(36)31-23-25(35)32-17-20-21(29(20,6)7)22(32)24(34)30-19(18-33)15-13-11-9-8-10-12-14-16-28(23,4)5/h19-23,33H,8-18H2,1-7H3,(H,30,34)(H,31,36)/t19-,20-,21?,22-,23+/m0/s1. The maximum Gasteiger partial charge on any atom is 0.408 e. The summed E-state index contributed by atoms with van der Waals surface area (Å²) in [5, 5.41) is 15.9. The van der Waals surface area contributed by atoms with Crippen LogP contribution in [-0.2, 0) is 14.3 Å². The number of hydrogen-bond acceptors (Lipinski definition) is 5. The maximum atomic E-state index is 14.2. The van der Waals surface area contributed by atoms with E-state index < -0.39 is 29.2 Å². The lowest BCUT2D eigenvalue weighted by Crippen LogP contribution is -2.60. The first kappa shape index (κ1) is 29.7. The molecular weight excluding hydrogens is 470 g/mol. The van der Waals surface area contributed by atoms with Crippen LogP contribution in [0.25, 0.3) is 0 Å². The van der Waals surface area contributed by atoms with E-state index in [1.54, 1.807) is 25.7 Å². The van der Waals surface area contributed by atoms with Gasteiger partial charge in [0.05, 0.1) is 12.6 Å². The Morgan fingerprint density at radius 3 is 2.24 bits per heavy atom. The molecule has 1 aliphatic carbocycles. The normalized spacial score (nSPS) is 33.0. The predicted octanol–water partition coefficient (Wildman–Crippen LogP) is 4.39. The van der Waals surface area contributed by atoms with Crippen molar-refractivity contribution in [1.82, 2.24) is 15.5 Å². The van der Waals surface area contributed by atoms with Gasteiger partial charge in [0, 0.05) is 6.54 Å². The fourth-order valence-corrected chi connectivity index (χ4v) is 6.49. The Morgan fingerprint density at radius 2 is 1.65 bits per heavy atom. The highest BCUT2D eigenvalue weighted by molar-refractivity contribution is 5.93. The summed E-state index contributed by atoms with van der Waals surface area (Å²) in [5.74, 6) is -0.0914. The molecule has 2 heterocycles. The number of carbonyl (C=O) groups excluding carboxylic acids is 3. The Hall–Kier alpha value is -1.83. The average Bonchev–Trinajstić information content (AvgIpc) is 3.12. The molecule has 5 atom stereocenters. The topological polar surface area (TPSA) is 108 Å². The molecule has 1 saturated carbocycles. The maximum absolute atomic E-state index is 14.2. The van der Waals surface area contributed by atoms with E-state index in [4.69, 9.17) is 4.74 Å². The molecule has 8 heteroatoms. The molecule has 0 spiro atoms. The number of nitrogens with zero attached hydrogens (tertiary/aromatic N) is 1. The van der Waals surface area contributed by atoms with Gasteiger partial charge in [0.25, 0.3) is 0 Å². The van der Waals surface area contributed by atoms with E-state index in [9.17, 15) is 19.5 Å². The number of ether oxygens (including phenoxy) is 1. The molecule has 3 amide bonds. The molecule has 0 aromatic heterocycles. The number of piperidine rings is 1.